The Morgan fingerprint density at radius 1 is 1.25 bits per heavy atom. The van der Waals surface area contributed by atoms with Crippen LogP contribution < -0.4 is 4.43 Å². The Morgan fingerprint density at radius 3 is 2.31 bits per heavy atom. The molecule has 16 heavy (non-hydrogen) atoms. The number of hydrogen-bond donors (Lipinski definition) is 0. The lowest BCUT2D eigenvalue weighted by atomic mass is 9.85. The van der Waals surface area contributed by atoms with Gasteiger partial charge in [-0.05, 0) is 24.1 Å². The van der Waals surface area contributed by atoms with Crippen LogP contribution in [-0.2, 0) is 10.7 Å². The molecule has 0 aliphatic heterocycles. The molecule has 0 fully saturated rings. The topological polar surface area (TPSA) is 9.23 Å². The average molecular weight is 301 g/mol. The molecule has 0 unspecified atom stereocenters. The minimum absolute atomic E-state index is 0.136. The summed E-state index contributed by atoms with van der Waals surface area (Å²) in [5.74, 6) is 1.11. The maximum atomic E-state index is 6.10. The largest absolute Gasteiger partial charge is 0.547 e. The Hall–Kier alpha value is -0.283. The van der Waals surface area contributed by atoms with Crippen LogP contribution in [0.15, 0.2) is 18.2 Å². The molecular weight excluding hydrogens is 280 g/mol. The van der Waals surface area contributed by atoms with E-state index in [0.29, 0.717) is 0 Å². The Kier molecular flexibility index (Phi) is 4.62. The molecule has 0 aliphatic rings. The van der Waals surface area contributed by atoms with Gasteiger partial charge in [0.2, 0.25) is 9.04 Å². The number of para-hydroxylation sites is 1. The van der Waals surface area contributed by atoms with Gasteiger partial charge in [-0.3, -0.25) is 0 Å². The highest BCUT2D eigenvalue weighted by molar-refractivity contribution is 9.08. The zero-order valence-electron chi connectivity index (χ0n) is 10.8. The Balaban J connectivity index is 3.26. The number of hydrogen-bond acceptors (Lipinski definition) is 1. The van der Waals surface area contributed by atoms with E-state index in [1.54, 1.807) is 0 Å². The molecule has 0 aromatic heterocycles. The van der Waals surface area contributed by atoms with Crippen LogP contribution in [0.25, 0.3) is 0 Å². The van der Waals surface area contributed by atoms with E-state index < -0.39 is 9.04 Å². The van der Waals surface area contributed by atoms with E-state index in [0.717, 1.165) is 11.1 Å². The van der Waals surface area contributed by atoms with E-state index in [9.17, 15) is 0 Å². The van der Waals surface area contributed by atoms with Gasteiger partial charge in [-0.1, -0.05) is 54.9 Å². The third kappa shape index (κ3) is 3.35. The lowest BCUT2D eigenvalue weighted by Crippen LogP contribution is -2.19. The van der Waals surface area contributed by atoms with Crippen LogP contribution in [0.2, 0.25) is 13.1 Å². The first kappa shape index (κ1) is 13.8. The molecule has 0 bridgehead atoms. The fourth-order valence-electron chi connectivity index (χ4n) is 1.66. The zero-order valence-corrected chi connectivity index (χ0v) is 13.5. The van der Waals surface area contributed by atoms with Gasteiger partial charge in [0.1, 0.15) is 5.75 Å². The van der Waals surface area contributed by atoms with Gasteiger partial charge in [0.05, 0.1) is 0 Å². The normalized spacial score (nSPS) is 11.9. The van der Waals surface area contributed by atoms with Crippen molar-refractivity contribution in [2.75, 3.05) is 0 Å². The quantitative estimate of drug-likeness (QED) is 0.599. The van der Waals surface area contributed by atoms with Gasteiger partial charge < -0.3 is 4.43 Å². The van der Waals surface area contributed by atoms with Gasteiger partial charge in [0, 0.05) is 10.9 Å². The number of benzene rings is 1. The second-order valence-electron chi connectivity index (χ2n) is 5.34. The van der Waals surface area contributed by atoms with E-state index >= 15 is 0 Å². The Labute approximate surface area is 109 Å². The third-order valence-electron chi connectivity index (χ3n) is 2.40. The summed E-state index contributed by atoms with van der Waals surface area (Å²) in [6.45, 7) is 11.1. The summed E-state index contributed by atoms with van der Waals surface area (Å²) in [6, 6.07) is 6.43. The highest BCUT2D eigenvalue weighted by Crippen LogP contribution is 2.35. The van der Waals surface area contributed by atoms with E-state index in [4.69, 9.17) is 4.43 Å². The number of alkyl halides is 1. The zero-order chi connectivity index (χ0) is 12.3. The molecule has 90 valence electrons. The second kappa shape index (κ2) is 5.37. The minimum Gasteiger partial charge on any atom is -0.547 e. The van der Waals surface area contributed by atoms with Crippen molar-refractivity contribution in [2.45, 2.75) is 44.6 Å². The van der Waals surface area contributed by atoms with Gasteiger partial charge in [-0.2, -0.15) is 0 Å². The SMILES string of the molecule is C[SiH](C)Oc1c(CBr)cccc1C(C)(C)C. The van der Waals surface area contributed by atoms with Crippen molar-refractivity contribution in [2.24, 2.45) is 0 Å². The molecule has 0 atom stereocenters. The highest BCUT2D eigenvalue weighted by atomic mass is 79.9. The summed E-state index contributed by atoms with van der Waals surface area (Å²) in [7, 11) is -1.06. The molecular formula is C13H21BrOSi. The molecule has 0 aliphatic carbocycles. The van der Waals surface area contributed by atoms with Crippen LogP contribution in [0.4, 0.5) is 0 Å². The van der Waals surface area contributed by atoms with Gasteiger partial charge in [0.25, 0.3) is 0 Å². The van der Waals surface area contributed by atoms with Crippen molar-refractivity contribution in [3.8, 4) is 5.75 Å². The van der Waals surface area contributed by atoms with Gasteiger partial charge in [-0.25, -0.2) is 0 Å². The van der Waals surface area contributed by atoms with Crippen LogP contribution in [-0.4, -0.2) is 9.04 Å². The van der Waals surface area contributed by atoms with Crippen molar-refractivity contribution in [1.82, 2.24) is 0 Å². The molecule has 1 aromatic rings. The second-order valence-corrected chi connectivity index (χ2v) is 8.24. The van der Waals surface area contributed by atoms with Crippen LogP contribution in [0, 0.1) is 0 Å². The van der Waals surface area contributed by atoms with Crippen molar-refractivity contribution in [1.29, 1.82) is 0 Å². The van der Waals surface area contributed by atoms with E-state index in [-0.39, 0.29) is 5.41 Å². The van der Waals surface area contributed by atoms with Crippen LogP contribution in [0.3, 0.4) is 0 Å². The summed E-state index contributed by atoms with van der Waals surface area (Å²) < 4.78 is 6.10. The number of rotatable bonds is 3. The maximum Gasteiger partial charge on any atom is 0.229 e. The lowest BCUT2D eigenvalue weighted by molar-refractivity contribution is 0.517. The predicted octanol–water partition coefficient (Wildman–Crippen LogP) is 4.24. The number of halogens is 1. The summed E-state index contributed by atoms with van der Waals surface area (Å²) in [5.41, 5.74) is 2.70. The molecule has 0 amide bonds. The first-order valence-corrected chi connectivity index (χ1v) is 9.61. The van der Waals surface area contributed by atoms with Gasteiger partial charge >= 0.3 is 0 Å². The molecule has 0 N–H and O–H groups in total. The van der Waals surface area contributed by atoms with Crippen molar-refractivity contribution >= 4 is 25.0 Å². The van der Waals surface area contributed by atoms with Crippen molar-refractivity contribution < 1.29 is 4.43 Å². The molecule has 0 heterocycles. The summed E-state index contributed by atoms with van der Waals surface area (Å²) in [6.07, 6.45) is 0. The minimum atomic E-state index is -1.06. The van der Waals surface area contributed by atoms with Crippen molar-refractivity contribution in [3.05, 3.63) is 29.3 Å². The first-order valence-electron chi connectivity index (χ1n) is 5.71. The fourth-order valence-corrected chi connectivity index (χ4v) is 2.85. The van der Waals surface area contributed by atoms with Crippen LogP contribution >= 0.6 is 15.9 Å². The summed E-state index contributed by atoms with van der Waals surface area (Å²) in [4.78, 5) is 0. The fraction of sp³-hybridized carbons (Fsp3) is 0.538. The van der Waals surface area contributed by atoms with E-state index in [2.05, 4.69) is 68.0 Å². The molecule has 0 saturated heterocycles. The lowest BCUT2D eigenvalue weighted by Gasteiger charge is -2.26. The Morgan fingerprint density at radius 2 is 1.88 bits per heavy atom. The monoisotopic (exact) mass is 300 g/mol. The molecule has 0 spiro atoms. The predicted molar refractivity (Wildman–Crippen MR) is 77.3 cm³/mol. The molecule has 0 saturated carbocycles. The summed E-state index contributed by atoms with van der Waals surface area (Å²) in [5, 5.41) is 0.855. The first-order chi connectivity index (χ1) is 7.36. The van der Waals surface area contributed by atoms with Gasteiger partial charge in [-0.15, -0.1) is 0 Å². The van der Waals surface area contributed by atoms with Crippen molar-refractivity contribution in [3.63, 3.8) is 0 Å². The van der Waals surface area contributed by atoms with E-state index in [1.807, 2.05) is 0 Å². The Bertz CT molecular complexity index is 355. The molecule has 1 nitrogen and oxygen atoms in total. The molecule has 3 heteroatoms. The van der Waals surface area contributed by atoms with Crippen LogP contribution in [0.5, 0.6) is 5.75 Å². The maximum absolute atomic E-state index is 6.10. The van der Waals surface area contributed by atoms with Gasteiger partial charge in [0.15, 0.2) is 0 Å². The average Bonchev–Trinajstić information content (AvgIpc) is 2.15. The summed E-state index contributed by atoms with van der Waals surface area (Å²) >= 11 is 3.53. The third-order valence-corrected chi connectivity index (χ3v) is 3.71. The molecule has 1 rings (SSSR count). The van der Waals surface area contributed by atoms with Crippen LogP contribution in [0.1, 0.15) is 31.9 Å². The molecule has 0 radical (unpaired) electrons. The molecule has 1 aromatic carbocycles. The smallest absolute Gasteiger partial charge is 0.229 e. The van der Waals surface area contributed by atoms with E-state index in [1.165, 1.54) is 11.1 Å². The highest BCUT2D eigenvalue weighted by Gasteiger charge is 2.21. The standard InChI is InChI=1S/C13H21BrOSi/c1-13(2,3)11-8-6-7-10(9-14)12(11)15-16(4)5/h6-8,16H,9H2,1-5H3.